The summed E-state index contributed by atoms with van der Waals surface area (Å²) in [7, 11) is -3.94. The topological polar surface area (TPSA) is 710 Å². The van der Waals surface area contributed by atoms with E-state index in [1.54, 1.807) is 6.92 Å². The maximum absolute atomic E-state index is 14.1. The summed E-state index contributed by atoms with van der Waals surface area (Å²) in [6, 6.07) is -12.2. The number of unbranched alkanes of at least 4 members (excludes halogenated alkanes) is 14. The number of aromatic nitrogens is 6. The third-order valence-electron chi connectivity index (χ3n) is 18.2. The number of rotatable bonds is 72. The van der Waals surface area contributed by atoms with E-state index in [0.29, 0.717) is 12.8 Å². The number of nitrogens with two attached hydrogens (primary N) is 2. The molecule has 47 heteroatoms. The summed E-state index contributed by atoms with van der Waals surface area (Å²) >= 11 is 0. The Labute approximate surface area is 695 Å². The molecule has 0 unspecified atom stereocenters. The number of imidazole rings is 1. The molecule has 120 heavy (non-hydrogen) atoms. The van der Waals surface area contributed by atoms with Gasteiger partial charge in [-0.1, -0.05) is 90.4 Å². The van der Waals surface area contributed by atoms with Crippen molar-refractivity contribution < 1.29 is 120 Å². The lowest BCUT2D eigenvalue weighted by Crippen LogP contribution is -2.61. The Morgan fingerprint density at radius 1 is 0.483 bits per heavy atom. The largest absolute Gasteiger partial charge is 0.480 e. The van der Waals surface area contributed by atoms with Crippen LogP contribution in [0.2, 0.25) is 0 Å². The molecule has 0 fully saturated rings. The highest BCUT2D eigenvalue weighted by Gasteiger charge is 2.35. The Balaban J connectivity index is 1.86. The number of ether oxygens (including phenoxy) is 2. The molecule has 2 aromatic heterocycles. The fourth-order valence-corrected chi connectivity index (χ4v) is 12.8. The van der Waals surface area contributed by atoms with Crippen molar-refractivity contribution in [2.24, 2.45) is 11.5 Å². The maximum atomic E-state index is 14.1. The first-order chi connectivity index (χ1) is 57.3. The minimum atomic E-state index is -3.94. The standard InChI is InChI=1S/C73H125N21O25S/c1-3-4-21-48(2)81-68(110)50(22-18-19-33-94(41-65(105)106)42-66(107)108)82-61(101)30-31-78-67(109)53(38-49-39-76-47-80-49)86-69(111)51(26-28-57(74)98)85-72(114)55(44-96)88-73(115)56(45-97)87-70(112)52(27-29-58(75)99)84-71(113)54(43-95)83-63(103)40-79-64(104)46-119-36-35-118-34-32-77-60(100)25-20-37-120(116,117)91-62(102)24-17-15-13-11-9-7-5-6-8-10-12-14-16-23-59-89-92-93-90-59/h39,47-48,50-56,95-97H,3-38,40-46H2,1-2H3,(H2,74,98)(H2,75,99)(H,76,80)(H,77,100)(H,78,109)(H,79,104)(H,81,110)(H,82,101)(H,83,103)(H,84,113)(H,85,114)(H,86,111)(H,87,112)(H,88,115)(H,91,102)(H,105,106)(H,107,108)(H,89,90,92,93)/t48-,50+,51+,52+,53+,54-,55+,56+/m1/s1. The molecule has 0 saturated heterocycles. The zero-order valence-electron chi connectivity index (χ0n) is 68.4. The number of primary amides is 2. The lowest BCUT2D eigenvalue weighted by molar-refractivity contribution is -0.142. The smallest absolute Gasteiger partial charge is 0.317 e. The molecule has 0 aromatic carbocycles. The predicted molar refractivity (Wildman–Crippen MR) is 426 cm³/mol. The van der Waals surface area contributed by atoms with Gasteiger partial charge >= 0.3 is 11.9 Å². The number of aryl methyl sites for hydroxylation is 1. The van der Waals surface area contributed by atoms with Gasteiger partial charge in [-0.25, -0.2) is 18.5 Å². The number of aliphatic carboxylic acids is 2. The van der Waals surface area contributed by atoms with Crippen LogP contribution in [0.15, 0.2) is 12.5 Å². The number of aliphatic hydroxyl groups is 3. The molecule has 0 saturated carbocycles. The van der Waals surface area contributed by atoms with E-state index >= 15 is 0 Å². The molecule has 0 radical (unpaired) electrons. The van der Waals surface area contributed by atoms with E-state index in [1.165, 1.54) is 49.5 Å². The summed E-state index contributed by atoms with van der Waals surface area (Å²) in [6.07, 6.45) is 17.3. The van der Waals surface area contributed by atoms with Crippen molar-refractivity contribution in [3.05, 3.63) is 24.0 Å². The van der Waals surface area contributed by atoms with Crippen molar-refractivity contribution >= 4 is 105 Å². The molecule has 0 aliphatic carbocycles. The minimum Gasteiger partial charge on any atom is -0.480 e. The van der Waals surface area contributed by atoms with Crippen LogP contribution in [0.4, 0.5) is 0 Å². The van der Waals surface area contributed by atoms with Crippen LogP contribution in [-0.4, -0.2) is 304 Å². The molecule has 0 bridgehead atoms. The van der Waals surface area contributed by atoms with Gasteiger partial charge in [-0.05, 0) is 81.7 Å². The van der Waals surface area contributed by atoms with Crippen LogP contribution < -0.4 is 74.7 Å². The normalized spacial score (nSPS) is 13.2. The molecule has 0 aliphatic heterocycles. The average molecular weight is 1730 g/mol. The number of nitrogens with zero attached hydrogens (tertiary/aromatic N) is 5. The molecule has 23 N–H and O–H groups in total. The van der Waals surface area contributed by atoms with Gasteiger partial charge in [0.25, 0.3) is 0 Å². The molecule has 8 atom stereocenters. The molecule has 2 rings (SSSR count). The first-order valence-electron chi connectivity index (χ1n) is 40.4. The number of carbonyl (C=O) groups excluding carboxylic acids is 14. The van der Waals surface area contributed by atoms with E-state index in [2.05, 4.69) is 93.8 Å². The lowest BCUT2D eigenvalue weighted by atomic mass is 10.0. The number of carbonyl (C=O) groups is 16. The van der Waals surface area contributed by atoms with E-state index in [9.17, 15) is 111 Å². The first-order valence-corrected chi connectivity index (χ1v) is 42.1. The Morgan fingerprint density at radius 3 is 1.51 bits per heavy atom. The highest BCUT2D eigenvalue weighted by molar-refractivity contribution is 7.90. The van der Waals surface area contributed by atoms with E-state index < -0.39 is 231 Å². The maximum Gasteiger partial charge on any atom is 0.317 e. The van der Waals surface area contributed by atoms with Gasteiger partial charge in [0.05, 0.1) is 77.0 Å². The fraction of sp³-hybridized carbons (Fsp3) is 0.726. The number of nitrogens with one attached hydrogen (secondary N) is 14. The van der Waals surface area contributed by atoms with Gasteiger partial charge in [0.15, 0.2) is 0 Å². The van der Waals surface area contributed by atoms with Crippen LogP contribution in [0.1, 0.15) is 199 Å². The predicted octanol–water partition coefficient (Wildman–Crippen LogP) is -5.59. The zero-order valence-corrected chi connectivity index (χ0v) is 69.2. The summed E-state index contributed by atoms with van der Waals surface area (Å²) in [5.41, 5.74) is 10.9. The van der Waals surface area contributed by atoms with E-state index in [4.69, 9.17) is 20.9 Å². The first kappa shape index (κ1) is 106. The van der Waals surface area contributed by atoms with E-state index in [0.717, 1.165) is 70.0 Å². The average Bonchev–Trinajstić information content (AvgIpc) is 1.34. The van der Waals surface area contributed by atoms with Gasteiger partial charge in [0.1, 0.15) is 54.7 Å². The molecule has 14 amide bonds. The van der Waals surface area contributed by atoms with Crippen molar-refractivity contribution in [3.8, 4) is 0 Å². The van der Waals surface area contributed by atoms with Crippen LogP contribution in [0.25, 0.3) is 0 Å². The highest BCUT2D eigenvalue weighted by atomic mass is 32.2. The van der Waals surface area contributed by atoms with Gasteiger partial charge in [0, 0.05) is 70.3 Å². The fourth-order valence-electron chi connectivity index (χ4n) is 11.8. The molecular weight excluding hydrogens is 1600 g/mol. The lowest BCUT2D eigenvalue weighted by Gasteiger charge is -2.26. The Morgan fingerprint density at radius 2 is 0.983 bits per heavy atom. The van der Waals surface area contributed by atoms with Gasteiger partial charge < -0.3 is 110 Å². The zero-order chi connectivity index (χ0) is 89.1. The summed E-state index contributed by atoms with van der Waals surface area (Å²) in [4.78, 5) is 213. The summed E-state index contributed by atoms with van der Waals surface area (Å²) < 4.78 is 37.6. The summed E-state index contributed by atoms with van der Waals surface area (Å²) in [5, 5.41) is 88.9. The quantitative estimate of drug-likeness (QED) is 0.0275. The van der Waals surface area contributed by atoms with Gasteiger partial charge in [0.2, 0.25) is 92.7 Å². The molecule has 0 aliphatic rings. The summed E-state index contributed by atoms with van der Waals surface area (Å²) in [6.45, 7) is -2.58. The number of carboxylic acid groups (broad SMARTS) is 2. The number of carboxylic acids is 2. The second-order valence-corrected chi connectivity index (χ2v) is 30.5. The number of amides is 14. The molecule has 46 nitrogen and oxygen atoms in total. The Kier molecular flexibility index (Phi) is 55.1. The highest BCUT2D eigenvalue weighted by Crippen LogP contribution is 2.15. The Hall–Kier alpha value is -10.5. The number of hydrogen-bond acceptors (Lipinski definition) is 28. The Bertz CT molecular complexity index is 3570. The molecule has 678 valence electrons. The van der Waals surface area contributed by atoms with Crippen LogP contribution in [0, 0.1) is 0 Å². The number of tetrazole rings is 1. The van der Waals surface area contributed by atoms with E-state index in [-0.39, 0.29) is 96.1 Å². The molecular formula is C73H125N21O25S. The third kappa shape index (κ3) is 51.1. The molecule has 2 heterocycles. The second kappa shape index (κ2) is 62.6. The summed E-state index contributed by atoms with van der Waals surface area (Å²) in [5.74, 6) is -15.3. The van der Waals surface area contributed by atoms with Gasteiger partial charge in [-0.15, -0.1) is 5.10 Å². The second-order valence-electron chi connectivity index (χ2n) is 28.6. The van der Waals surface area contributed by atoms with Crippen molar-refractivity contribution in [2.75, 3.05) is 91.3 Å². The van der Waals surface area contributed by atoms with Crippen LogP contribution >= 0.6 is 0 Å². The van der Waals surface area contributed by atoms with Gasteiger partial charge in [-0.3, -0.25) is 86.3 Å². The number of hydrogen-bond donors (Lipinski definition) is 21. The van der Waals surface area contributed by atoms with Crippen molar-refractivity contribution in [1.82, 2.24) is 98.7 Å². The van der Waals surface area contributed by atoms with Crippen LogP contribution in [0.3, 0.4) is 0 Å². The monoisotopic (exact) mass is 1730 g/mol. The number of sulfonamides is 1. The number of aliphatic hydroxyl groups excluding tert-OH is 3. The number of H-pyrrole nitrogens is 2. The molecule has 0 spiro atoms. The third-order valence-corrected chi connectivity index (χ3v) is 19.6. The SMILES string of the molecule is CCCC[C@@H](C)NC(=O)[C@H](CCCCN(CC(=O)O)CC(=O)O)NC(=O)CCNC(=O)[C@H](Cc1c[nH]cn1)NC(=O)[C@H](CCC(N)=O)NC(=O)[C@H](CO)NC(=O)[C@H](CO)NC(=O)[C@H](CCC(N)=O)NC(=O)[C@@H](CO)NC(=O)CNC(=O)COCCOCCNC(=O)CCCS(=O)(=O)NC(=O)CCCCCCCCCCCCCCCc1nnn[nH]1. The van der Waals surface area contributed by atoms with Gasteiger partial charge in [-0.2, -0.15) is 0 Å². The van der Waals surface area contributed by atoms with Crippen LogP contribution in [0.5, 0.6) is 0 Å². The minimum absolute atomic E-state index is 0.0200. The van der Waals surface area contributed by atoms with Crippen molar-refractivity contribution in [2.45, 2.75) is 248 Å². The molecule has 2 aromatic rings. The number of aromatic amines is 2. The van der Waals surface area contributed by atoms with Crippen molar-refractivity contribution in [3.63, 3.8) is 0 Å². The van der Waals surface area contributed by atoms with E-state index in [1.807, 2.05) is 6.92 Å². The van der Waals surface area contributed by atoms with Crippen molar-refractivity contribution in [1.29, 1.82) is 0 Å². The van der Waals surface area contributed by atoms with Crippen LogP contribution in [-0.2, 0) is 109 Å².